The fourth-order valence-corrected chi connectivity index (χ4v) is 0.896. The zero-order valence-electron chi connectivity index (χ0n) is 5.79. The molecule has 2 rings (SSSR count). The average Bonchev–Trinajstić information content (AvgIpc) is 2.31. The monoisotopic (exact) mass is 151 g/mol. The maximum atomic E-state index is 10.9. The molecule has 11 heavy (non-hydrogen) atoms. The predicted octanol–water partition coefficient (Wildman–Crippen LogP) is 0.220. The van der Waals surface area contributed by atoms with Crippen molar-refractivity contribution < 1.29 is 4.42 Å². The Kier molecular flexibility index (Phi) is 1.06. The normalized spacial score (nSPS) is 10.6. The number of nitrogens with one attached hydrogen (secondary N) is 1. The van der Waals surface area contributed by atoms with Crippen molar-refractivity contribution in [2.24, 2.45) is 0 Å². The Labute approximate surface area is 61.1 Å². The van der Waals surface area contributed by atoms with Crippen LogP contribution in [0.1, 0.15) is 5.89 Å². The fourth-order valence-electron chi connectivity index (χ4n) is 0.896. The molecule has 0 spiro atoms. The highest BCUT2D eigenvalue weighted by Gasteiger charge is 2.04. The molecule has 0 aromatic carbocycles. The molecule has 0 aliphatic rings. The van der Waals surface area contributed by atoms with E-state index >= 15 is 0 Å². The Balaban J connectivity index is 3.02. The fraction of sp³-hybridized carbons (Fsp3) is 0.167. The smallest absolute Gasteiger partial charge is 0.309 e. The second kappa shape index (κ2) is 1.91. The van der Waals surface area contributed by atoms with Crippen LogP contribution in [-0.2, 0) is 0 Å². The Morgan fingerprint density at radius 2 is 2.45 bits per heavy atom. The number of nitrogens with zero attached hydrogens (tertiary/aromatic N) is 2. The first-order valence-electron chi connectivity index (χ1n) is 3.08. The minimum absolute atomic E-state index is 0.234. The lowest BCUT2D eigenvalue weighted by Gasteiger charge is -1.80. The highest BCUT2D eigenvalue weighted by molar-refractivity contribution is 5.69. The van der Waals surface area contributed by atoms with Gasteiger partial charge in [-0.1, -0.05) is 0 Å². The van der Waals surface area contributed by atoms with Gasteiger partial charge < -0.3 is 4.42 Å². The van der Waals surface area contributed by atoms with Crippen LogP contribution in [0.2, 0.25) is 0 Å². The number of hydrogen-bond acceptors (Lipinski definition) is 4. The van der Waals surface area contributed by atoms with Gasteiger partial charge >= 0.3 is 5.56 Å². The molecule has 0 fully saturated rings. The number of hydrogen-bond donors (Lipinski definition) is 1. The van der Waals surface area contributed by atoms with Gasteiger partial charge in [0.2, 0.25) is 5.58 Å². The molecule has 2 aromatic rings. The third-order valence-electron chi connectivity index (χ3n) is 1.32. The first-order valence-corrected chi connectivity index (χ1v) is 3.08. The number of aryl methyl sites for hydroxylation is 1. The third-order valence-corrected chi connectivity index (χ3v) is 1.32. The molecule has 0 saturated heterocycles. The van der Waals surface area contributed by atoms with Gasteiger partial charge in [-0.25, -0.2) is 10.1 Å². The van der Waals surface area contributed by atoms with Crippen LogP contribution in [0, 0.1) is 6.92 Å². The number of oxazole rings is 1. The van der Waals surface area contributed by atoms with Crippen molar-refractivity contribution in [1.82, 2.24) is 15.2 Å². The molecule has 2 aromatic heterocycles. The van der Waals surface area contributed by atoms with Gasteiger partial charge in [-0.2, -0.15) is 5.10 Å². The zero-order valence-corrected chi connectivity index (χ0v) is 5.79. The Morgan fingerprint density at radius 1 is 1.64 bits per heavy atom. The standard InChI is InChI=1S/C6H5N3O2/c1-3-8-4-2-7-9-6(10)5(4)11-3/h2H,1H3,(H,9,10). The van der Waals surface area contributed by atoms with Gasteiger partial charge in [-0.05, 0) is 0 Å². The highest BCUT2D eigenvalue weighted by Crippen LogP contribution is 2.06. The summed E-state index contributed by atoms with van der Waals surface area (Å²) in [5.41, 5.74) is 0.381. The Bertz CT molecular complexity index is 442. The molecule has 1 N–H and O–H groups in total. The molecule has 0 saturated carbocycles. The van der Waals surface area contributed by atoms with Crippen LogP contribution < -0.4 is 5.56 Å². The molecular formula is C6H5N3O2. The molecule has 5 heteroatoms. The van der Waals surface area contributed by atoms with E-state index in [1.54, 1.807) is 6.92 Å². The van der Waals surface area contributed by atoms with Crippen molar-refractivity contribution in [3.63, 3.8) is 0 Å². The zero-order chi connectivity index (χ0) is 7.84. The SMILES string of the molecule is Cc1nc2cn[nH]c(=O)c2o1. The van der Waals surface area contributed by atoms with E-state index in [9.17, 15) is 4.79 Å². The average molecular weight is 151 g/mol. The van der Waals surface area contributed by atoms with Crippen LogP contribution in [0.15, 0.2) is 15.4 Å². The first-order chi connectivity index (χ1) is 5.27. The molecule has 0 amide bonds. The molecular weight excluding hydrogens is 146 g/mol. The summed E-state index contributed by atoms with van der Waals surface area (Å²) in [7, 11) is 0. The second-order valence-electron chi connectivity index (χ2n) is 2.15. The van der Waals surface area contributed by atoms with E-state index < -0.39 is 0 Å². The van der Waals surface area contributed by atoms with Gasteiger partial charge in [0.15, 0.2) is 5.89 Å². The van der Waals surface area contributed by atoms with Crippen LogP contribution in [-0.4, -0.2) is 15.2 Å². The number of rotatable bonds is 0. The van der Waals surface area contributed by atoms with Crippen molar-refractivity contribution in [2.75, 3.05) is 0 Å². The summed E-state index contributed by atoms with van der Waals surface area (Å²) in [4.78, 5) is 14.9. The summed E-state index contributed by atoms with van der Waals surface area (Å²) >= 11 is 0. The van der Waals surface area contributed by atoms with Crippen LogP contribution in [0.25, 0.3) is 11.1 Å². The topological polar surface area (TPSA) is 71.8 Å². The minimum Gasteiger partial charge on any atom is -0.435 e. The molecule has 2 heterocycles. The summed E-state index contributed by atoms with van der Waals surface area (Å²) < 4.78 is 5.00. The van der Waals surface area contributed by atoms with Gasteiger partial charge in [0.25, 0.3) is 0 Å². The van der Waals surface area contributed by atoms with Crippen LogP contribution in [0.4, 0.5) is 0 Å². The maximum absolute atomic E-state index is 10.9. The lowest BCUT2D eigenvalue weighted by molar-refractivity contribution is 0.556. The van der Waals surface area contributed by atoms with Crippen molar-refractivity contribution in [3.8, 4) is 0 Å². The number of H-pyrrole nitrogens is 1. The third kappa shape index (κ3) is 0.813. The second-order valence-corrected chi connectivity index (χ2v) is 2.15. The number of fused-ring (bicyclic) bond motifs is 1. The minimum atomic E-state index is -0.344. The van der Waals surface area contributed by atoms with Crippen molar-refractivity contribution >= 4 is 11.1 Å². The molecule has 0 atom stereocenters. The lowest BCUT2D eigenvalue weighted by Crippen LogP contribution is -2.05. The lowest BCUT2D eigenvalue weighted by atomic mass is 10.5. The van der Waals surface area contributed by atoms with Crippen LogP contribution >= 0.6 is 0 Å². The number of aromatic amines is 1. The van der Waals surface area contributed by atoms with E-state index in [0.29, 0.717) is 11.4 Å². The van der Waals surface area contributed by atoms with Crippen LogP contribution in [0.3, 0.4) is 0 Å². The van der Waals surface area contributed by atoms with Gasteiger partial charge in [-0.3, -0.25) is 4.79 Å². The Hall–Kier alpha value is -1.65. The van der Waals surface area contributed by atoms with Gasteiger partial charge in [0, 0.05) is 6.92 Å². The van der Waals surface area contributed by atoms with E-state index in [2.05, 4.69) is 15.2 Å². The molecule has 0 unspecified atom stereocenters. The highest BCUT2D eigenvalue weighted by atomic mass is 16.4. The van der Waals surface area contributed by atoms with Gasteiger partial charge in [0.1, 0.15) is 5.52 Å². The number of aromatic nitrogens is 3. The maximum Gasteiger partial charge on any atom is 0.309 e. The van der Waals surface area contributed by atoms with Crippen molar-refractivity contribution in [3.05, 3.63) is 22.4 Å². The quantitative estimate of drug-likeness (QED) is 0.584. The van der Waals surface area contributed by atoms with E-state index in [1.807, 2.05) is 0 Å². The molecule has 0 radical (unpaired) electrons. The van der Waals surface area contributed by atoms with Crippen LogP contribution in [0.5, 0.6) is 0 Å². The molecule has 0 bridgehead atoms. The summed E-state index contributed by atoms with van der Waals surface area (Å²) in [6.45, 7) is 1.68. The van der Waals surface area contributed by atoms with Gasteiger partial charge in [-0.15, -0.1) is 0 Å². The van der Waals surface area contributed by atoms with Crippen molar-refractivity contribution in [1.29, 1.82) is 0 Å². The van der Waals surface area contributed by atoms with E-state index in [4.69, 9.17) is 4.42 Å². The van der Waals surface area contributed by atoms with Crippen molar-refractivity contribution in [2.45, 2.75) is 6.92 Å². The molecule has 0 aliphatic heterocycles. The first kappa shape index (κ1) is 6.09. The molecule has 5 nitrogen and oxygen atoms in total. The summed E-state index contributed by atoms with van der Waals surface area (Å²) in [6, 6.07) is 0. The van der Waals surface area contributed by atoms with E-state index in [1.165, 1.54) is 6.20 Å². The summed E-state index contributed by atoms with van der Waals surface area (Å²) in [5, 5.41) is 5.81. The molecule has 56 valence electrons. The predicted molar refractivity (Wildman–Crippen MR) is 37.2 cm³/mol. The summed E-state index contributed by atoms with van der Waals surface area (Å²) in [5.74, 6) is 0.471. The van der Waals surface area contributed by atoms with E-state index in [-0.39, 0.29) is 11.1 Å². The summed E-state index contributed by atoms with van der Waals surface area (Å²) in [6.07, 6.45) is 1.45. The van der Waals surface area contributed by atoms with E-state index in [0.717, 1.165) is 0 Å². The Morgan fingerprint density at radius 3 is 3.18 bits per heavy atom. The largest absolute Gasteiger partial charge is 0.435 e. The molecule has 0 aliphatic carbocycles. The van der Waals surface area contributed by atoms with Gasteiger partial charge in [0.05, 0.1) is 6.20 Å².